The van der Waals surface area contributed by atoms with Gasteiger partial charge in [-0.1, -0.05) is 35.5 Å². The number of hydrogen-bond acceptors (Lipinski definition) is 6. The van der Waals surface area contributed by atoms with E-state index in [1.807, 2.05) is 30.3 Å². The zero-order valence-electron chi connectivity index (χ0n) is 12.0. The fourth-order valence-corrected chi connectivity index (χ4v) is 2.48. The van der Waals surface area contributed by atoms with Crippen LogP contribution in [-0.2, 0) is 16.1 Å². The quantitative estimate of drug-likeness (QED) is 0.621. The average molecular weight is 312 g/mol. The van der Waals surface area contributed by atoms with E-state index in [4.69, 9.17) is 4.52 Å². The third-order valence-corrected chi connectivity index (χ3v) is 3.79. The molecule has 2 aliphatic rings. The number of carbonyl (C=O) groups is 3. The summed E-state index contributed by atoms with van der Waals surface area (Å²) in [5.74, 6) is -1.15. The molecule has 0 unspecified atom stereocenters. The van der Waals surface area contributed by atoms with E-state index in [2.05, 4.69) is 10.1 Å². The molecule has 0 radical (unpaired) electrons. The number of imide groups is 2. The summed E-state index contributed by atoms with van der Waals surface area (Å²) in [6.07, 6.45) is 1.49. The molecule has 2 fully saturated rings. The van der Waals surface area contributed by atoms with Crippen molar-refractivity contribution in [3.63, 3.8) is 0 Å². The molecule has 1 saturated carbocycles. The molecule has 0 atom stereocenters. The minimum absolute atomic E-state index is 0.107. The number of amides is 4. The highest BCUT2D eigenvalue weighted by Crippen LogP contribution is 2.31. The van der Waals surface area contributed by atoms with Gasteiger partial charge in [0.1, 0.15) is 6.54 Å². The molecule has 1 aromatic heterocycles. The molecule has 2 heterocycles. The highest BCUT2D eigenvalue weighted by atomic mass is 16.5. The SMILES string of the molecule is O=C1C(=O)N(C2CC2)C(=O)N1Cc1nc(-c2ccccc2)no1. The van der Waals surface area contributed by atoms with Gasteiger partial charge < -0.3 is 4.52 Å². The molecule has 1 aromatic carbocycles. The Balaban J connectivity index is 1.54. The standard InChI is InChI=1S/C15H12N4O4/c20-13-14(21)19(10-6-7-10)15(22)18(13)8-11-16-12(17-23-11)9-4-2-1-3-5-9/h1-5,10H,6-8H2. The van der Waals surface area contributed by atoms with Crippen molar-refractivity contribution >= 4 is 17.8 Å². The van der Waals surface area contributed by atoms with E-state index in [1.165, 1.54) is 0 Å². The van der Waals surface area contributed by atoms with Crippen LogP contribution >= 0.6 is 0 Å². The summed E-state index contributed by atoms with van der Waals surface area (Å²) in [5, 5.41) is 3.83. The molecule has 0 bridgehead atoms. The molecular formula is C15H12N4O4. The van der Waals surface area contributed by atoms with E-state index >= 15 is 0 Å². The van der Waals surface area contributed by atoms with E-state index in [0.717, 1.165) is 28.2 Å². The van der Waals surface area contributed by atoms with Crippen molar-refractivity contribution in [3.8, 4) is 11.4 Å². The number of benzene rings is 1. The lowest BCUT2D eigenvalue weighted by Crippen LogP contribution is -2.34. The van der Waals surface area contributed by atoms with Crippen LogP contribution in [0.1, 0.15) is 18.7 Å². The van der Waals surface area contributed by atoms with Crippen molar-refractivity contribution in [1.82, 2.24) is 19.9 Å². The summed E-state index contributed by atoms with van der Waals surface area (Å²) in [7, 11) is 0. The van der Waals surface area contributed by atoms with Crippen LogP contribution in [0.2, 0.25) is 0 Å². The maximum Gasteiger partial charge on any atom is 0.334 e. The molecule has 0 N–H and O–H groups in total. The monoisotopic (exact) mass is 312 g/mol. The Labute approximate surface area is 130 Å². The van der Waals surface area contributed by atoms with Gasteiger partial charge in [-0.05, 0) is 12.8 Å². The summed E-state index contributed by atoms with van der Waals surface area (Å²) in [6.45, 7) is -0.202. The van der Waals surface area contributed by atoms with Crippen molar-refractivity contribution in [2.45, 2.75) is 25.4 Å². The Morgan fingerprint density at radius 1 is 1.09 bits per heavy atom. The fourth-order valence-electron chi connectivity index (χ4n) is 2.48. The zero-order valence-corrected chi connectivity index (χ0v) is 12.0. The van der Waals surface area contributed by atoms with Crippen LogP contribution in [0.4, 0.5) is 4.79 Å². The van der Waals surface area contributed by atoms with Gasteiger partial charge in [-0.2, -0.15) is 4.98 Å². The molecule has 116 valence electrons. The Morgan fingerprint density at radius 3 is 2.52 bits per heavy atom. The van der Waals surface area contributed by atoms with E-state index in [1.54, 1.807) is 0 Å². The van der Waals surface area contributed by atoms with Gasteiger partial charge in [-0.3, -0.25) is 14.5 Å². The third kappa shape index (κ3) is 2.28. The van der Waals surface area contributed by atoms with Gasteiger partial charge in [-0.15, -0.1) is 0 Å². The van der Waals surface area contributed by atoms with Gasteiger partial charge in [0.15, 0.2) is 0 Å². The molecular weight excluding hydrogens is 300 g/mol. The van der Waals surface area contributed by atoms with Crippen LogP contribution in [0.5, 0.6) is 0 Å². The maximum absolute atomic E-state index is 12.2. The van der Waals surface area contributed by atoms with Crippen LogP contribution in [0.25, 0.3) is 11.4 Å². The minimum Gasteiger partial charge on any atom is -0.337 e. The van der Waals surface area contributed by atoms with Gasteiger partial charge in [0.05, 0.1) is 0 Å². The molecule has 8 nitrogen and oxygen atoms in total. The van der Waals surface area contributed by atoms with E-state index in [9.17, 15) is 14.4 Å². The Bertz CT molecular complexity index is 797. The summed E-state index contributed by atoms with van der Waals surface area (Å²) in [5.41, 5.74) is 0.761. The van der Waals surface area contributed by atoms with E-state index < -0.39 is 17.8 Å². The second-order valence-corrected chi connectivity index (χ2v) is 5.46. The number of hydrogen-bond donors (Lipinski definition) is 0. The van der Waals surface area contributed by atoms with Gasteiger partial charge in [0.2, 0.25) is 11.7 Å². The fraction of sp³-hybridized carbons (Fsp3) is 0.267. The summed E-state index contributed by atoms with van der Waals surface area (Å²) < 4.78 is 5.09. The molecule has 8 heteroatoms. The molecule has 23 heavy (non-hydrogen) atoms. The number of nitrogens with zero attached hydrogens (tertiary/aromatic N) is 4. The molecule has 2 aromatic rings. The smallest absolute Gasteiger partial charge is 0.334 e. The predicted octanol–water partition coefficient (Wildman–Crippen LogP) is 1.19. The van der Waals surface area contributed by atoms with Crippen molar-refractivity contribution in [2.24, 2.45) is 0 Å². The average Bonchev–Trinajstić information content (AvgIpc) is 3.24. The normalized spacial score (nSPS) is 18.2. The molecule has 4 amide bonds. The van der Waals surface area contributed by atoms with E-state index in [-0.39, 0.29) is 18.5 Å². The molecule has 1 saturated heterocycles. The number of aromatic nitrogens is 2. The Hall–Kier alpha value is -3.03. The van der Waals surface area contributed by atoms with Crippen molar-refractivity contribution in [1.29, 1.82) is 0 Å². The summed E-state index contributed by atoms with van der Waals surface area (Å²) in [6, 6.07) is 8.42. The lowest BCUT2D eigenvalue weighted by molar-refractivity contribution is -0.143. The maximum atomic E-state index is 12.2. The lowest BCUT2D eigenvalue weighted by Gasteiger charge is -2.12. The van der Waals surface area contributed by atoms with Gasteiger partial charge in [0, 0.05) is 11.6 Å². The molecule has 1 aliphatic heterocycles. The van der Waals surface area contributed by atoms with Crippen LogP contribution in [0, 0.1) is 0 Å². The number of rotatable bonds is 4. The van der Waals surface area contributed by atoms with Crippen LogP contribution in [0.3, 0.4) is 0 Å². The minimum atomic E-state index is -0.846. The first-order chi connectivity index (χ1) is 11.1. The van der Waals surface area contributed by atoms with Crippen LogP contribution in [0.15, 0.2) is 34.9 Å². The van der Waals surface area contributed by atoms with Crippen LogP contribution in [-0.4, -0.2) is 43.8 Å². The second kappa shape index (κ2) is 5.01. The van der Waals surface area contributed by atoms with Gasteiger partial charge in [-0.25, -0.2) is 9.69 Å². The molecule has 0 spiro atoms. The first kappa shape index (κ1) is 13.6. The van der Waals surface area contributed by atoms with Crippen LogP contribution < -0.4 is 0 Å². The van der Waals surface area contributed by atoms with Crippen molar-refractivity contribution < 1.29 is 18.9 Å². The number of carbonyl (C=O) groups excluding carboxylic acids is 3. The van der Waals surface area contributed by atoms with Crippen molar-refractivity contribution in [3.05, 3.63) is 36.2 Å². The first-order valence-corrected chi connectivity index (χ1v) is 7.22. The highest BCUT2D eigenvalue weighted by molar-refractivity contribution is 6.44. The van der Waals surface area contributed by atoms with Crippen molar-refractivity contribution in [2.75, 3.05) is 0 Å². The largest absolute Gasteiger partial charge is 0.337 e. The first-order valence-electron chi connectivity index (χ1n) is 7.22. The Morgan fingerprint density at radius 2 is 1.83 bits per heavy atom. The lowest BCUT2D eigenvalue weighted by atomic mass is 10.2. The summed E-state index contributed by atoms with van der Waals surface area (Å²) in [4.78, 5) is 42.1. The highest BCUT2D eigenvalue weighted by Gasteiger charge is 2.51. The third-order valence-electron chi connectivity index (χ3n) is 3.79. The molecule has 1 aliphatic carbocycles. The topological polar surface area (TPSA) is 96.6 Å². The molecule has 4 rings (SSSR count). The predicted molar refractivity (Wildman–Crippen MR) is 75.5 cm³/mol. The van der Waals surface area contributed by atoms with Gasteiger partial charge in [0.25, 0.3) is 0 Å². The Kier molecular flexibility index (Phi) is 2.97. The second-order valence-electron chi connectivity index (χ2n) is 5.46. The zero-order chi connectivity index (χ0) is 16.0. The van der Waals surface area contributed by atoms with Gasteiger partial charge >= 0.3 is 17.8 Å². The van der Waals surface area contributed by atoms with E-state index in [0.29, 0.717) is 5.82 Å². The number of urea groups is 1. The summed E-state index contributed by atoms with van der Waals surface area (Å²) >= 11 is 0.